The van der Waals surface area contributed by atoms with Crippen molar-refractivity contribution in [1.82, 2.24) is 0 Å². The molecule has 0 aliphatic rings. The van der Waals surface area contributed by atoms with Gasteiger partial charge in [0.2, 0.25) is 0 Å². The fourth-order valence-electron chi connectivity index (χ4n) is 0.616. The molecular formula is C7H2Cl2F3O. The number of hydrogen-bond donors (Lipinski definition) is 0. The van der Waals surface area contributed by atoms with Gasteiger partial charge in [0.05, 0.1) is 10.0 Å². The Morgan fingerprint density at radius 3 is 2.31 bits per heavy atom. The molecule has 1 rings (SSSR count). The normalized spacial score (nSPS) is 11.5. The lowest BCUT2D eigenvalue weighted by Crippen LogP contribution is -2.17. The molecule has 1 aromatic rings. The first kappa shape index (κ1) is 10.5. The van der Waals surface area contributed by atoms with Crippen LogP contribution in [-0.4, -0.2) is 6.36 Å². The topological polar surface area (TPSA) is 9.23 Å². The highest BCUT2D eigenvalue weighted by Gasteiger charge is 2.31. The third kappa shape index (κ3) is 3.32. The zero-order chi connectivity index (χ0) is 10.1. The van der Waals surface area contributed by atoms with Gasteiger partial charge in [-0.05, 0) is 12.1 Å². The van der Waals surface area contributed by atoms with E-state index >= 15 is 0 Å². The Bertz CT molecular complexity index is 311. The van der Waals surface area contributed by atoms with Crippen molar-refractivity contribution in [3.8, 4) is 5.75 Å². The molecule has 0 aliphatic heterocycles. The molecule has 0 N–H and O–H groups in total. The fraction of sp³-hybridized carbons (Fsp3) is 0.143. The van der Waals surface area contributed by atoms with Crippen LogP contribution in [0.3, 0.4) is 0 Å². The average Bonchev–Trinajstić information content (AvgIpc) is 1.94. The summed E-state index contributed by atoms with van der Waals surface area (Å²) in [5.41, 5.74) is 0. The molecule has 0 saturated carbocycles. The lowest BCUT2D eigenvalue weighted by atomic mass is 10.3. The van der Waals surface area contributed by atoms with E-state index < -0.39 is 12.1 Å². The molecule has 1 aromatic carbocycles. The van der Waals surface area contributed by atoms with Crippen LogP contribution in [0.2, 0.25) is 10.0 Å². The number of hydrogen-bond acceptors (Lipinski definition) is 1. The van der Waals surface area contributed by atoms with Gasteiger partial charge in [0.1, 0.15) is 5.75 Å². The van der Waals surface area contributed by atoms with Crippen molar-refractivity contribution in [2.24, 2.45) is 0 Å². The summed E-state index contributed by atoms with van der Waals surface area (Å²) >= 11 is 10.9. The summed E-state index contributed by atoms with van der Waals surface area (Å²) in [5, 5.41) is 0.0135. The Morgan fingerprint density at radius 2 is 1.85 bits per heavy atom. The third-order valence-corrected chi connectivity index (χ3v) is 1.76. The number of alkyl halides is 3. The number of halogens is 5. The zero-order valence-electron chi connectivity index (χ0n) is 5.95. The Balaban J connectivity index is 2.86. The van der Waals surface area contributed by atoms with E-state index in [1.807, 2.05) is 0 Å². The first-order chi connectivity index (χ1) is 5.88. The van der Waals surface area contributed by atoms with Crippen molar-refractivity contribution in [2.75, 3.05) is 0 Å². The van der Waals surface area contributed by atoms with E-state index in [2.05, 4.69) is 10.8 Å². The van der Waals surface area contributed by atoms with Gasteiger partial charge in [-0.1, -0.05) is 23.2 Å². The number of ether oxygens (including phenoxy) is 1. The van der Waals surface area contributed by atoms with Crippen molar-refractivity contribution in [3.05, 3.63) is 28.2 Å². The molecule has 1 nitrogen and oxygen atoms in total. The van der Waals surface area contributed by atoms with Crippen molar-refractivity contribution in [1.29, 1.82) is 0 Å². The van der Waals surface area contributed by atoms with Crippen molar-refractivity contribution in [3.63, 3.8) is 0 Å². The predicted molar refractivity (Wildman–Crippen MR) is 42.0 cm³/mol. The SMILES string of the molecule is FC(F)(F)Oc1[c]c(Cl)c(Cl)cc1. The minimum atomic E-state index is -4.74. The maximum atomic E-state index is 11.7. The Kier molecular flexibility index (Phi) is 2.93. The largest absolute Gasteiger partial charge is 0.573 e. The third-order valence-electron chi connectivity index (χ3n) is 1.05. The lowest BCUT2D eigenvalue weighted by molar-refractivity contribution is -0.274. The summed E-state index contributed by atoms with van der Waals surface area (Å²) < 4.78 is 38.5. The maximum absolute atomic E-state index is 11.7. The highest BCUT2D eigenvalue weighted by atomic mass is 35.5. The highest BCUT2D eigenvalue weighted by molar-refractivity contribution is 6.41. The molecule has 6 heteroatoms. The Morgan fingerprint density at radius 1 is 1.23 bits per heavy atom. The Hall–Kier alpha value is -0.610. The van der Waals surface area contributed by atoms with Crippen LogP contribution in [0.4, 0.5) is 13.2 Å². The molecule has 13 heavy (non-hydrogen) atoms. The van der Waals surface area contributed by atoms with E-state index in [0.29, 0.717) is 0 Å². The Labute approximate surface area is 82.0 Å². The lowest BCUT2D eigenvalue weighted by Gasteiger charge is -2.08. The van der Waals surface area contributed by atoms with Crippen molar-refractivity contribution in [2.45, 2.75) is 6.36 Å². The van der Waals surface area contributed by atoms with Gasteiger partial charge in [-0.3, -0.25) is 0 Å². The summed E-state index contributed by atoms with van der Waals surface area (Å²) in [6.07, 6.45) is -4.74. The van der Waals surface area contributed by atoms with Gasteiger partial charge in [-0.2, -0.15) is 0 Å². The van der Waals surface area contributed by atoms with Crippen molar-refractivity contribution < 1.29 is 17.9 Å². The van der Waals surface area contributed by atoms with Gasteiger partial charge in [-0.25, -0.2) is 0 Å². The fourth-order valence-corrected chi connectivity index (χ4v) is 0.882. The second-order valence-electron chi connectivity index (χ2n) is 2.03. The second kappa shape index (κ2) is 3.64. The van der Waals surface area contributed by atoms with Gasteiger partial charge in [0.15, 0.2) is 0 Å². The van der Waals surface area contributed by atoms with Crippen LogP contribution in [0, 0.1) is 6.07 Å². The van der Waals surface area contributed by atoms with Crippen LogP contribution in [-0.2, 0) is 0 Å². The highest BCUT2D eigenvalue weighted by Crippen LogP contribution is 2.28. The minimum Gasteiger partial charge on any atom is -0.405 e. The van der Waals surface area contributed by atoms with Crippen LogP contribution in [0.5, 0.6) is 5.75 Å². The standard InChI is InChI=1S/C7H2Cl2F3O/c8-5-2-1-4(3-6(5)9)13-7(10,11)12/h1-2H. The van der Waals surface area contributed by atoms with Crippen molar-refractivity contribution >= 4 is 23.2 Å². The first-order valence-corrected chi connectivity index (χ1v) is 3.77. The van der Waals surface area contributed by atoms with Crippen LogP contribution in [0.15, 0.2) is 12.1 Å². The summed E-state index contributed by atoms with van der Waals surface area (Å²) in [7, 11) is 0. The first-order valence-electron chi connectivity index (χ1n) is 3.01. The van der Waals surface area contributed by atoms with E-state index in [1.165, 1.54) is 6.07 Å². The summed E-state index contributed by atoms with van der Waals surface area (Å²) in [6.45, 7) is 0. The van der Waals surface area contributed by atoms with Gasteiger partial charge < -0.3 is 4.74 Å². The summed E-state index contributed by atoms with van der Waals surface area (Å²) in [6, 6.07) is 4.35. The molecule has 0 aliphatic carbocycles. The molecule has 0 spiro atoms. The smallest absolute Gasteiger partial charge is 0.405 e. The number of rotatable bonds is 1. The van der Waals surface area contributed by atoms with E-state index in [-0.39, 0.29) is 10.0 Å². The molecule has 71 valence electrons. The molecule has 0 unspecified atom stereocenters. The van der Waals surface area contributed by atoms with E-state index in [0.717, 1.165) is 6.07 Å². The molecular weight excluding hydrogens is 228 g/mol. The van der Waals surface area contributed by atoms with E-state index in [4.69, 9.17) is 23.2 Å². The van der Waals surface area contributed by atoms with E-state index in [9.17, 15) is 13.2 Å². The maximum Gasteiger partial charge on any atom is 0.573 e. The summed E-state index contributed by atoms with van der Waals surface area (Å²) in [5.74, 6) is -0.512. The zero-order valence-corrected chi connectivity index (χ0v) is 7.46. The van der Waals surface area contributed by atoms with Crippen LogP contribution >= 0.6 is 23.2 Å². The summed E-state index contributed by atoms with van der Waals surface area (Å²) in [4.78, 5) is 0. The molecule has 0 aromatic heterocycles. The number of benzene rings is 1. The molecule has 0 saturated heterocycles. The molecule has 0 atom stereocenters. The van der Waals surface area contributed by atoms with Gasteiger partial charge >= 0.3 is 6.36 Å². The molecule has 0 fully saturated rings. The molecule has 0 amide bonds. The monoisotopic (exact) mass is 229 g/mol. The van der Waals surface area contributed by atoms with Gasteiger partial charge in [0.25, 0.3) is 0 Å². The van der Waals surface area contributed by atoms with Gasteiger partial charge in [-0.15, -0.1) is 13.2 Å². The molecule has 0 heterocycles. The average molecular weight is 230 g/mol. The second-order valence-corrected chi connectivity index (χ2v) is 2.82. The van der Waals surface area contributed by atoms with Gasteiger partial charge in [0, 0.05) is 6.07 Å². The van der Waals surface area contributed by atoms with Crippen LogP contribution in [0.1, 0.15) is 0 Å². The molecule has 1 radical (unpaired) electrons. The van der Waals surface area contributed by atoms with Crippen LogP contribution < -0.4 is 4.74 Å². The van der Waals surface area contributed by atoms with E-state index in [1.54, 1.807) is 0 Å². The molecule has 0 bridgehead atoms. The predicted octanol–water partition coefficient (Wildman–Crippen LogP) is 3.69. The minimum absolute atomic E-state index is 0.108. The van der Waals surface area contributed by atoms with Crippen LogP contribution in [0.25, 0.3) is 0 Å². The quantitative estimate of drug-likeness (QED) is 0.714.